The molecule has 3 rings (SSSR count). The van der Waals surface area contributed by atoms with Gasteiger partial charge in [0.2, 0.25) is 0 Å². The van der Waals surface area contributed by atoms with Crippen LogP contribution < -0.4 is 4.72 Å². The summed E-state index contributed by atoms with van der Waals surface area (Å²) in [4.78, 5) is 6.75. The maximum Gasteiger partial charge on any atom is 0.279 e. The number of aryl methyl sites for hydroxylation is 1. The summed E-state index contributed by atoms with van der Waals surface area (Å²) in [6.07, 6.45) is 1.92. The second-order valence-corrected chi connectivity index (χ2v) is 6.42. The normalized spacial score (nSPS) is 11.9. The van der Waals surface area contributed by atoms with Crippen molar-refractivity contribution in [3.05, 3.63) is 35.4 Å². The van der Waals surface area contributed by atoms with Crippen LogP contribution in [0.1, 0.15) is 12.7 Å². The Morgan fingerprint density at radius 1 is 1.38 bits per heavy atom. The van der Waals surface area contributed by atoms with Gasteiger partial charge in [-0.15, -0.1) is 0 Å². The summed E-state index contributed by atoms with van der Waals surface area (Å²) in [7, 11) is -3.75. The van der Waals surface area contributed by atoms with E-state index in [-0.39, 0.29) is 5.03 Å². The highest BCUT2D eigenvalue weighted by atomic mass is 35.5. The van der Waals surface area contributed by atoms with Gasteiger partial charge in [0, 0.05) is 11.8 Å². The van der Waals surface area contributed by atoms with Crippen LogP contribution >= 0.6 is 11.6 Å². The molecular formula is C12H12ClN5O2S. The monoisotopic (exact) mass is 325 g/mol. The molecule has 110 valence electrons. The van der Waals surface area contributed by atoms with Gasteiger partial charge in [0.15, 0.2) is 5.03 Å². The molecule has 0 unspecified atom stereocenters. The van der Waals surface area contributed by atoms with Crippen LogP contribution in [0.3, 0.4) is 0 Å². The summed E-state index contributed by atoms with van der Waals surface area (Å²) >= 11 is 5.94. The number of benzene rings is 1. The third-order valence-electron chi connectivity index (χ3n) is 3.01. The maximum absolute atomic E-state index is 12.3. The molecule has 7 nitrogen and oxygen atoms in total. The lowest BCUT2D eigenvalue weighted by Gasteiger charge is -2.06. The minimum Gasteiger partial charge on any atom is -0.332 e. The standard InChI is InChI=1S/C12H12ClN5O2S/c1-2-9-14-6-10(15-9)21(19,20)18-8-5-3-4-7-11(8)16-17-12(7)13/h3-6,18H,2H2,1H3,(H,14,15)(H,16,17). The van der Waals surface area contributed by atoms with E-state index in [0.29, 0.717) is 34.0 Å². The first kappa shape index (κ1) is 13.9. The van der Waals surface area contributed by atoms with Crippen molar-refractivity contribution in [3.63, 3.8) is 0 Å². The van der Waals surface area contributed by atoms with Gasteiger partial charge in [-0.3, -0.25) is 9.82 Å². The quantitative estimate of drug-likeness (QED) is 0.684. The Hall–Kier alpha value is -2.06. The van der Waals surface area contributed by atoms with E-state index in [4.69, 9.17) is 11.6 Å². The topological polar surface area (TPSA) is 104 Å². The zero-order chi connectivity index (χ0) is 15.0. The fourth-order valence-electron chi connectivity index (χ4n) is 1.95. The van der Waals surface area contributed by atoms with Crippen LogP contribution in [0.2, 0.25) is 5.15 Å². The van der Waals surface area contributed by atoms with E-state index >= 15 is 0 Å². The second-order valence-electron chi connectivity index (χ2n) is 4.39. The molecule has 0 aliphatic heterocycles. The molecule has 0 atom stereocenters. The van der Waals surface area contributed by atoms with E-state index in [2.05, 4.69) is 24.9 Å². The number of halogens is 1. The van der Waals surface area contributed by atoms with Gasteiger partial charge in [-0.2, -0.15) is 13.5 Å². The molecule has 0 amide bonds. The van der Waals surface area contributed by atoms with Gasteiger partial charge >= 0.3 is 0 Å². The van der Waals surface area contributed by atoms with Crippen LogP contribution in [0.5, 0.6) is 0 Å². The summed E-state index contributed by atoms with van der Waals surface area (Å²) in [6, 6.07) is 5.07. The predicted molar refractivity (Wildman–Crippen MR) is 79.9 cm³/mol. The lowest BCUT2D eigenvalue weighted by atomic mass is 10.2. The van der Waals surface area contributed by atoms with Gasteiger partial charge in [0.1, 0.15) is 16.5 Å². The van der Waals surface area contributed by atoms with Crippen LogP contribution in [0.4, 0.5) is 5.69 Å². The van der Waals surface area contributed by atoms with E-state index < -0.39 is 10.0 Å². The summed E-state index contributed by atoms with van der Waals surface area (Å²) in [5, 5.41) is 7.65. The van der Waals surface area contributed by atoms with Crippen LogP contribution in [0.25, 0.3) is 10.9 Å². The summed E-state index contributed by atoms with van der Waals surface area (Å²) in [5.74, 6) is 0.608. The number of hydrogen-bond donors (Lipinski definition) is 3. The Morgan fingerprint density at radius 3 is 2.90 bits per heavy atom. The molecule has 0 aliphatic rings. The SMILES string of the molecule is CCc1ncc(S(=O)(=O)Nc2cccc3c(Cl)[nH]nc23)[nH]1. The summed E-state index contributed by atoms with van der Waals surface area (Å²) in [5.41, 5.74) is 0.810. The largest absolute Gasteiger partial charge is 0.332 e. The molecule has 0 aliphatic carbocycles. The first-order valence-corrected chi connectivity index (χ1v) is 8.06. The number of nitrogens with zero attached hydrogens (tertiary/aromatic N) is 2. The zero-order valence-corrected chi connectivity index (χ0v) is 12.6. The van der Waals surface area contributed by atoms with Crippen molar-refractivity contribution < 1.29 is 8.42 Å². The van der Waals surface area contributed by atoms with E-state index in [1.165, 1.54) is 6.20 Å². The number of rotatable bonds is 4. The van der Waals surface area contributed by atoms with Crippen molar-refractivity contribution in [1.82, 2.24) is 20.2 Å². The highest BCUT2D eigenvalue weighted by Crippen LogP contribution is 2.27. The molecule has 0 radical (unpaired) electrons. The van der Waals surface area contributed by atoms with E-state index in [9.17, 15) is 8.42 Å². The molecule has 0 saturated carbocycles. The van der Waals surface area contributed by atoms with Gasteiger partial charge in [-0.1, -0.05) is 24.6 Å². The predicted octanol–water partition coefficient (Wildman–Crippen LogP) is 2.30. The van der Waals surface area contributed by atoms with Crippen molar-refractivity contribution in [3.8, 4) is 0 Å². The van der Waals surface area contributed by atoms with Crippen LogP contribution in [0, 0.1) is 0 Å². The molecule has 0 bridgehead atoms. The van der Waals surface area contributed by atoms with Crippen molar-refractivity contribution in [1.29, 1.82) is 0 Å². The molecule has 9 heteroatoms. The fourth-order valence-corrected chi connectivity index (χ4v) is 3.15. The summed E-state index contributed by atoms with van der Waals surface area (Å²) < 4.78 is 27.1. The number of para-hydroxylation sites is 1. The lowest BCUT2D eigenvalue weighted by molar-refractivity contribution is 0.598. The minimum absolute atomic E-state index is 0.0120. The van der Waals surface area contributed by atoms with E-state index in [1.54, 1.807) is 18.2 Å². The number of hydrogen-bond acceptors (Lipinski definition) is 4. The lowest BCUT2D eigenvalue weighted by Crippen LogP contribution is -2.13. The number of imidazole rings is 1. The van der Waals surface area contributed by atoms with Crippen molar-refractivity contribution in [2.45, 2.75) is 18.4 Å². The molecule has 21 heavy (non-hydrogen) atoms. The Bertz CT molecular complexity index is 899. The van der Waals surface area contributed by atoms with Crippen molar-refractivity contribution in [2.75, 3.05) is 4.72 Å². The van der Waals surface area contributed by atoms with Crippen molar-refractivity contribution >= 4 is 38.2 Å². The molecule has 0 saturated heterocycles. The van der Waals surface area contributed by atoms with Crippen molar-refractivity contribution in [2.24, 2.45) is 0 Å². The van der Waals surface area contributed by atoms with Crippen LogP contribution in [-0.2, 0) is 16.4 Å². The Kier molecular flexibility index (Phi) is 3.34. The third-order valence-corrected chi connectivity index (χ3v) is 4.58. The molecule has 2 aromatic heterocycles. The molecule has 2 heterocycles. The van der Waals surface area contributed by atoms with Gasteiger partial charge in [0.05, 0.1) is 11.9 Å². The molecule has 0 fully saturated rings. The molecule has 0 spiro atoms. The first-order chi connectivity index (χ1) is 10.0. The zero-order valence-electron chi connectivity index (χ0n) is 11.0. The van der Waals surface area contributed by atoms with Gasteiger partial charge in [-0.25, -0.2) is 4.98 Å². The number of anilines is 1. The average molecular weight is 326 g/mol. The Balaban J connectivity index is 2.01. The highest BCUT2D eigenvalue weighted by Gasteiger charge is 2.19. The van der Waals surface area contributed by atoms with Crippen LogP contribution in [-0.4, -0.2) is 28.6 Å². The molecule has 3 N–H and O–H groups in total. The van der Waals surface area contributed by atoms with Gasteiger partial charge in [0.25, 0.3) is 10.0 Å². The fraction of sp³-hybridized carbons (Fsp3) is 0.167. The number of H-pyrrole nitrogens is 2. The van der Waals surface area contributed by atoms with Gasteiger partial charge in [-0.05, 0) is 12.1 Å². The molecule has 3 aromatic rings. The Morgan fingerprint density at radius 2 is 2.19 bits per heavy atom. The average Bonchev–Trinajstić information content (AvgIpc) is 3.07. The number of nitrogens with one attached hydrogen (secondary N) is 3. The Labute approximate surface area is 125 Å². The number of aromatic nitrogens is 4. The highest BCUT2D eigenvalue weighted by molar-refractivity contribution is 7.92. The minimum atomic E-state index is -3.75. The summed E-state index contributed by atoms with van der Waals surface area (Å²) in [6.45, 7) is 1.88. The van der Waals surface area contributed by atoms with E-state index in [1.807, 2.05) is 6.92 Å². The smallest absolute Gasteiger partial charge is 0.279 e. The maximum atomic E-state index is 12.3. The number of sulfonamides is 1. The van der Waals surface area contributed by atoms with Gasteiger partial charge < -0.3 is 4.98 Å². The molecular weight excluding hydrogens is 314 g/mol. The third kappa shape index (κ3) is 2.47. The molecule has 1 aromatic carbocycles. The number of fused-ring (bicyclic) bond motifs is 1. The van der Waals surface area contributed by atoms with E-state index in [0.717, 1.165) is 0 Å². The first-order valence-electron chi connectivity index (χ1n) is 6.20. The number of aromatic amines is 2. The second kappa shape index (κ2) is 5.05. The van der Waals surface area contributed by atoms with Crippen LogP contribution in [0.15, 0.2) is 29.4 Å².